The normalized spacial score (nSPS) is 18.4. The zero-order chi connectivity index (χ0) is 14.1. The first-order valence-electron chi connectivity index (χ1n) is 7.14. The Morgan fingerprint density at radius 1 is 1.35 bits per heavy atom. The van der Waals surface area contributed by atoms with E-state index in [4.69, 9.17) is 15.2 Å². The lowest BCUT2D eigenvalue weighted by Gasteiger charge is -2.29. The van der Waals surface area contributed by atoms with E-state index in [0.717, 1.165) is 19.6 Å². The average molecular weight is 309 g/mol. The van der Waals surface area contributed by atoms with Crippen molar-refractivity contribution in [1.82, 2.24) is 5.32 Å². The molecule has 0 aromatic heterocycles. The van der Waals surface area contributed by atoms with Gasteiger partial charge in [-0.15, -0.1) is 12.4 Å². The van der Waals surface area contributed by atoms with Crippen LogP contribution in [0.5, 0.6) is 0 Å². The van der Waals surface area contributed by atoms with E-state index in [0.29, 0.717) is 13.0 Å². The minimum absolute atomic E-state index is 0. The maximum Gasteiger partial charge on any atom is 0.222 e. The summed E-state index contributed by atoms with van der Waals surface area (Å²) in [4.78, 5) is 11.9. The van der Waals surface area contributed by atoms with Crippen molar-refractivity contribution in [3.05, 3.63) is 0 Å². The van der Waals surface area contributed by atoms with E-state index in [1.807, 2.05) is 0 Å². The summed E-state index contributed by atoms with van der Waals surface area (Å²) in [5, 5.41) is 3.04. The molecule has 20 heavy (non-hydrogen) atoms. The van der Waals surface area contributed by atoms with Gasteiger partial charge >= 0.3 is 0 Å². The molecule has 0 bridgehead atoms. The molecule has 0 aliphatic heterocycles. The summed E-state index contributed by atoms with van der Waals surface area (Å²) in [6, 6.07) is 0. The smallest absolute Gasteiger partial charge is 0.222 e. The van der Waals surface area contributed by atoms with Crippen molar-refractivity contribution in [2.45, 2.75) is 44.6 Å². The standard InChI is InChI=1S/C14H28N2O3.ClH/c1-18-8-7-14(5-3-4-6-14)11-16-13(17)9-12(10-15)19-2;/h12H,3-11,15H2,1-2H3,(H,16,17);1H. The average Bonchev–Trinajstić information content (AvgIpc) is 2.89. The first kappa shape index (κ1) is 19.6. The van der Waals surface area contributed by atoms with Crippen molar-refractivity contribution < 1.29 is 14.3 Å². The molecule has 5 nitrogen and oxygen atoms in total. The summed E-state index contributed by atoms with van der Waals surface area (Å²) in [5.74, 6) is 0.0287. The maximum absolute atomic E-state index is 11.9. The Hall–Kier alpha value is -0.360. The molecule has 1 rings (SSSR count). The van der Waals surface area contributed by atoms with Crippen LogP contribution < -0.4 is 11.1 Å². The van der Waals surface area contributed by atoms with Gasteiger partial charge in [-0.25, -0.2) is 0 Å². The number of ether oxygens (including phenoxy) is 2. The number of hydrogen-bond acceptors (Lipinski definition) is 4. The van der Waals surface area contributed by atoms with Gasteiger partial charge in [0.1, 0.15) is 0 Å². The minimum atomic E-state index is -0.182. The highest BCUT2D eigenvalue weighted by molar-refractivity contribution is 5.85. The van der Waals surface area contributed by atoms with Gasteiger partial charge < -0.3 is 20.5 Å². The monoisotopic (exact) mass is 308 g/mol. The van der Waals surface area contributed by atoms with Crippen LogP contribution in [0.4, 0.5) is 0 Å². The lowest BCUT2D eigenvalue weighted by atomic mass is 9.83. The topological polar surface area (TPSA) is 73.6 Å². The van der Waals surface area contributed by atoms with Gasteiger partial charge in [0.05, 0.1) is 12.5 Å². The van der Waals surface area contributed by atoms with Gasteiger partial charge in [-0.1, -0.05) is 12.8 Å². The number of nitrogens with two attached hydrogens (primary N) is 1. The number of carbonyl (C=O) groups is 1. The van der Waals surface area contributed by atoms with Crippen molar-refractivity contribution in [3.63, 3.8) is 0 Å². The molecule has 0 heterocycles. The van der Waals surface area contributed by atoms with Crippen LogP contribution in [0.1, 0.15) is 38.5 Å². The van der Waals surface area contributed by atoms with Crippen LogP contribution in [-0.4, -0.2) is 45.9 Å². The van der Waals surface area contributed by atoms with Crippen LogP contribution >= 0.6 is 12.4 Å². The Labute approximate surface area is 128 Å². The molecule has 1 fully saturated rings. The molecular formula is C14H29ClN2O3. The molecule has 3 N–H and O–H groups in total. The Balaban J connectivity index is 0.00000361. The van der Waals surface area contributed by atoms with E-state index >= 15 is 0 Å². The molecule has 120 valence electrons. The van der Waals surface area contributed by atoms with Crippen LogP contribution in [0, 0.1) is 5.41 Å². The third kappa shape index (κ3) is 6.39. The fourth-order valence-corrected chi connectivity index (χ4v) is 2.79. The molecule has 0 aromatic rings. The molecule has 0 saturated heterocycles. The molecule has 1 aliphatic rings. The zero-order valence-corrected chi connectivity index (χ0v) is 13.5. The van der Waals surface area contributed by atoms with Crippen LogP contribution in [0.2, 0.25) is 0 Å². The molecule has 1 atom stereocenters. The van der Waals surface area contributed by atoms with Crippen LogP contribution in [0.15, 0.2) is 0 Å². The predicted molar refractivity (Wildman–Crippen MR) is 82.1 cm³/mol. The van der Waals surface area contributed by atoms with Crippen molar-refractivity contribution in [3.8, 4) is 0 Å². The first-order chi connectivity index (χ1) is 9.15. The second-order valence-electron chi connectivity index (χ2n) is 5.52. The SMILES string of the molecule is COCCC1(CNC(=O)CC(CN)OC)CCCC1.Cl. The molecule has 0 radical (unpaired) electrons. The Kier molecular flexibility index (Phi) is 10.2. The zero-order valence-electron chi connectivity index (χ0n) is 12.7. The van der Waals surface area contributed by atoms with E-state index < -0.39 is 0 Å². The lowest BCUT2D eigenvalue weighted by Crippen LogP contribution is -2.39. The fraction of sp³-hybridized carbons (Fsp3) is 0.929. The van der Waals surface area contributed by atoms with E-state index in [1.54, 1.807) is 14.2 Å². The predicted octanol–water partition coefficient (Wildman–Crippen LogP) is 1.49. The quantitative estimate of drug-likeness (QED) is 0.677. The van der Waals surface area contributed by atoms with Gasteiger partial charge in [0.25, 0.3) is 0 Å². The molecule has 6 heteroatoms. The van der Waals surface area contributed by atoms with Crippen LogP contribution in [0.3, 0.4) is 0 Å². The summed E-state index contributed by atoms with van der Waals surface area (Å²) < 4.78 is 10.3. The number of rotatable bonds is 9. The second-order valence-corrected chi connectivity index (χ2v) is 5.52. The molecule has 0 aromatic carbocycles. The van der Waals surface area contributed by atoms with Gasteiger partial charge in [-0.05, 0) is 24.7 Å². The number of carbonyl (C=O) groups excluding carboxylic acids is 1. The van der Waals surface area contributed by atoms with Gasteiger partial charge in [-0.3, -0.25) is 4.79 Å². The summed E-state index contributed by atoms with van der Waals surface area (Å²) in [6.07, 6.45) is 6.05. The Morgan fingerprint density at radius 3 is 2.50 bits per heavy atom. The number of halogens is 1. The highest BCUT2D eigenvalue weighted by atomic mass is 35.5. The number of methoxy groups -OCH3 is 2. The van der Waals surface area contributed by atoms with Gasteiger partial charge in [0.2, 0.25) is 5.91 Å². The second kappa shape index (κ2) is 10.4. The summed E-state index contributed by atoms with van der Waals surface area (Å²) in [5.41, 5.74) is 5.75. The van der Waals surface area contributed by atoms with Crippen LogP contribution in [0.25, 0.3) is 0 Å². The van der Waals surface area contributed by atoms with E-state index in [1.165, 1.54) is 25.7 Å². The van der Waals surface area contributed by atoms with Gasteiger partial charge in [0.15, 0.2) is 0 Å². The van der Waals surface area contributed by atoms with Crippen molar-refractivity contribution >= 4 is 18.3 Å². The summed E-state index contributed by atoms with van der Waals surface area (Å²) in [7, 11) is 3.31. The van der Waals surface area contributed by atoms with Gasteiger partial charge in [0, 0.05) is 33.9 Å². The highest BCUT2D eigenvalue weighted by Gasteiger charge is 2.33. The third-order valence-corrected chi connectivity index (χ3v) is 4.17. The fourth-order valence-electron chi connectivity index (χ4n) is 2.79. The van der Waals surface area contributed by atoms with E-state index in [9.17, 15) is 4.79 Å². The van der Waals surface area contributed by atoms with Crippen molar-refractivity contribution in [2.24, 2.45) is 11.1 Å². The molecule has 1 amide bonds. The Morgan fingerprint density at radius 2 is 2.00 bits per heavy atom. The molecular weight excluding hydrogens is 280 g/mol. The lowest BCUT2D eigenvalue weighted by molar-refractivity contribution is -0.124. The number of amides is 1. The maximum atomic E-state index is 11.9. The first-order valence-corrected chi connectivity index (χ1v) is 7.14. The van der Waals surface area contributed by atoms with Crippen molar-refractivity contribution in [2.75, 3.05) is 33.9 Å². The van der Waals surface area contributed by atoms with E-state index in [2.05, 4.69) is 5.32 Å². The molecule has 1 saturated carbocycles. The number of nitrogens with one attached hydrogen (secondary N) is 1. The molecule has 1 unspecified atom stereocenters. The summed E-state index contributed by atoms with van der Waals surface area (Å²) in [6.45, 7) is 1.88. The van der Waals surface area contributed by atoms with Crippen LogP contribution in [-0.2, 0) is 14.3 Å². The van der Waals surface area contributed by atoms with E-state index in [-0.39, 0.29) is 29.8 Å². The molecule has 1 aliphatic carbocycles. The largest absolute Gasteiger partial charge is 0.385 e. The molecule has 0 spiro atoms. The Bertz CT molecular complexity index is 267. The minimum Gasteiger partial charge on any atom is -0.385 e. The third-order valence-electron chi connectivity index (χ3n) is 4.17. The van der Waals surface area contributed by atoms with Gasteiger partial charge in [-0.2, -0.15) is 0 Å². The highest BCUT2D eigenvalue weighted by Crippen LogP contribution is 2.40. The number of hydrogen-bond donors (Lipinski definition) is 2. The van der Waals surface area contributed by atoms with Crippen molar-refractivity contribution in [1.29, 1.82) is 0 Å². The summed E-state index contributed by atoms with van der Waals surface area (Å²) >= 11 is 0.